The van der Waals surface area contributed by atoms with Crippen molar-refractivity contribution in [3.63, 3.8) is 0 Å². The van der Waals surface area contributed by atoms with E-state index in [1.54, 1.807) is 47.1 Å². The Morgan fingerprint density at radius 3 is 1.98 bits per heavy atom. The fourth-order valence-electron chi connectivity index (χ4n) is 7.76. The van der Waals surface area contributed by atoms with Crippen molar-refractivity contribution in [2.24, 2.45) is 5.92 Å². The van der Waals surface area contributed by atoms with Gasteiger partial charge in [0.05, 0.1) is 44.1 Å². The molecule has 58 heavy (non-hydrogen) atoms. The first-order valence-electron chi connectivity index (χ1n) is 19.6. The molecule has 10 heteroatoms. The van der Waals surface area contributed by atoms with E-state index >= 15 is 0 Å². The summed E-state index contributed by atoms with van der Waals surface area (Å²) in [7, 11) is 4.83. The Hall–Kier alpha value is -5.97. The molecule has 4 unspecified atom stereocenters. The molecule has 0 radical (unpaired) electrons. The molecule has 0 saturated carbocycles. The summed E-state index contributed by atoms with van der Waals surface area (Å²) in [5.41, 5.74) is 3.73. The highest BCUT2D eigenvalue weighted by atomic mass is 16.6. The summed E-state index contributed by atoms with van der Waals surface area (Å²) < 4.78 is 28.4. The number of aryl methyl sites for hydroxylation is 1. The molecule has 5 aromatic rings. The number of amides is 1. The Balaban J connectivity index is 1.28. The predicted molar refractivity (Wildman–Crippen MR) is 224 cm³/mol. The molecule has 0 aliphatic carbocycles. The van der Waals surface area contributed by atoms with Crippen LogP contribution in [0.15, 0.2) is 127 Å². The lowest BCUT2D eigenvalue weighted by molar-refractivity contribution is -0.141. The summed E-state index contributed by atoms with van der Waals surface area (Å²) in [4.78, 5) is 43.5. The maximum atomic E-state index is 14.0. The van der Waals surface area contributed by atoms with Crippen LogP contribution >= 0.6 is 0 Å². The first kappa shape index (κ1) is 41.7. The SMILES string of the molecule is CCOC(=O)/C(=C\CC(OC)C1CN1C(c1ccccc1)(c1ccccc1)c1ccc(OC)cc1)NC(=O)C(OC(=O)c1cc(OC)cc2c(C)cccc12)C(C)C. The fraction of sp³-hybridized carbons (Fsp3) is 0.312. The second kappa shape index (κ2) is 18.5. The second-order valence-corrected chi connectivity index (χ2v) is 14.6. The molecule has 1 amide bonds. The molecule has 1 N–H and O–H groups in total. The Morgan fingerprint density at radius 1 is 0.793 bits per heavy atom. The summed E-state index contributed by atoms with van der Waals surface area (Å²) in [5, 5.41) is 4.25. The normalized spacial score (nSPS) is 16.3. The molecule has 1 fully saturated rings. The molecule has 10 nitrogen and oxygen atoms in total. The molecule has 0 spiro atoms. The van der Waals surface area contributed by atoms with E-state index in [9.17, 15) is 14.4 Å². The third kappa shape index (κ3) is 8.63. The van der Waals surface area contributed by atoms with Crippen molar-refractivity contribution in [1.29, 1.82) is 0 Å². The first-order chi connectivity index (χ1) is 28.1. The van der Waals surface area contributed by atoms with Crippen LogP contribution in [0, 0.1) is 12.8 Å². The number of rotatable bonds is 17. The van der Waals surface area contributed by atoms with Crippen molar-refractivity contribution < 1.29 is 38.1 Å². The second-order valence-electron chi connectivity index (χ2n) is 14.6. The smallest absolute Gasteiger partial charge is 0.354 e. The van der Waals surface area contributed by atoms with E-state index in [2.05, 4.69) is 46.6 Å². The topological polar surface area (TPSA) is 112 Å². The highest BCUT2D eigenvalue weighted by molar-refractivity contribution is 6.07. The zero-order valence-corrected chi connectivity index (χ0v) is 34.2. The minimum atomic E-state index is -1.23. The molecule has 4 atom stereocenters. The van der Waals surface area contributed by atoms with Gasteiger partial charge in [0.1, 0.15) is 17.2 Å². The van der Waals surface area contributed by atoms with Crippen LogP contribution in [0.4, 0.5) is 0 Å². The van der Waals surface area contributed by atoms with E-state index in [1.807, 2.05) is 79.7 Å². The average Bonchev–Trinajstić information content (AvgIpc) is 4.04. The molecule has 5 aromatic carbocycles. The predicted octanol–water partition coefficient (Wildman–Crippen LogP) is 7.99. The molecule has 1 heterocycles. The van der Waals surface area contributed by atoms with Crippen LogP contribution in [-0.2, 0) is 29.3 Å². The largest absolute Gasteiger partial charge is 0.497 e. The zero-order chi connectivity index (χ0) is 41.4. The van der Waals surface area contributed by atoms with E-state index in [1.165, 1.54) is 7.11 Å². The number of nitrogens with one attached hydrogen (secondary N) is 1. The maximum absolute atomic E-state index is 14.0. The molecule has 0 bridgehead atoms. The monoisotopic (exact) mass is 784 g/mol. The minimum absolute atomic E-state index is 0.0576. The summed E-state index contributed by atoms with van der Waals surface area (Å²) in [6, 6.07) is 37.9. The number of carbonyl (C=O) groups is 3. The lowest BCUT2D eigenvalue weighted by atomic mass is 9.76. The number of hydrogen-bond donors (Lipinski definition) is 1. The first-order valence-corrected chi connectivity index (χ1v) is 19.6. The van der Waals surface area contributed by atoms with Gasteiger partial charge in [0.25, 0.3) is 5.91 Å². The Kier molecular flexibility index (Phi) is 13.3. The zero-order valence-electron chi connectivity index (χ0n) is 34.2. The third-order valence-corrected chi connectivity index (χ3v) is 10.8. The lowest BCUT2D eigenvalue weighted by Crippen LogP contribution is -2.42. The van der Waals surface area contributed by atoms with Crippen molar-refractivity contribution in [1.82, 2.24) is 10.2 Å². The fourth-order valence-corrected chi connectivity index (χ4v) is 7.76. The molecule has 1 aliphatic heterocycles. The maximum Gasteiger partial charge on any atom is 0.354 e. The van der Waals surface area contributed by atoms with Gasteiger partial charge in [0, 0.05) is 13.7 Å². The van der Waals surface area contributed by atoms with Gasteiger partial charge in [-0.2, -0.15) is 0 Å². The van der Waals surface area contributed by atoms with Gasteiger partial charge in [0.15, 0.2) is 6.10 Å². The van der Waals surface area contributed by atoms with Crippen molar-refractivity contribution >= 4 is 28.6 Å². The van der Waals surface area contributed by atoms with Crippen molar-refractivity contribution in [3.8, 4) is 11.5 Å². The van der Waals surface area contributed by atoms with Crippen LogP contribution < -0.4 is 14.8 Å². The van der Waals surface area contributed by atoms with Crippen LogP contribution in [0.1, 0.15) is 59.8 Å². The van der Waals surface area contributed by atoms with Crippen LogP contribution in [-0.4, -0.2) is 75.5 Å². The number of methoxy groups -OCH3 is 3. The van der Waals surface area contributed by atoms with Gasteiger partial charge >= 0.3 is 11.9 Å². The van der Waals surface area contributed by atoms with E-state index in [-0.39, 0.29) is 36.4 Å². The number of ether oxygens (including phenoxy) is 5. The highest BCUT2D eigenvalue weighted by Crippen LogP contribution is 2.50. The summed E-state index contributed by atoms with van der Waals surface area (Å²) in [6.45, 7) is 7.98. The van der Waals surface area contributed by atoms with Gasteiger partial charge < -0.3 is 29.0 Å². The summed E-state index contributed by atoms with van der Waals surface area (Å²) in [6.07, 6.45) is 0.304. The van der Waals surface area contributed by atoms with Gasteiger partial charge in [-0.3, -0.25) is 9.69 Å². The van der Waals surface area contributed by atoms with Gasteiger partial charge in [-0.1, -0.05) is 111 Å². The molecular formula is C48H52N2O8. The standard InChI is InChI=1S/C48H52N2O8/c1-8-57-47(53)41(49-45(51)44(31(2)3)58-46(52)40-29-37(55-6)28-39-32(4)16-15-21-38(39)40)26-27-43(56-7)42-30-50(42)48(33-17-11-9-12-18-33,34-19-13-10-14-20-34)35-22-24-36(54-5)25-23-35/h9-26,28-29,31,42-44H,8,27,30H2,1-7H3,(H,49,51)/b41-26+. The van der Waals surface area contributed by atoms with Crippen LogP contribution in [0.2, 0.25) is 0 Å². The number of fused-ring (bicyclic) bond motifs is 1. The van der Waals surface area contributed by atoms with Gasteiger partial charge in [-0.05, 0) is 83.5 Å². The van der Waals surface area contributed by atoms with Crippen molar-refractivity contribution in [2.45, 2.75) is 57.9 Å². The number of nitrogens with zero attached hydrogens (tertiary/aromatic N) is 1. The third-order valence-electron chi connectivity index (χ3n) is 10.8. The lowest BCUT2D eigenvalue weighted by Gasteiger charge is -2.39. The van der Waals surface area contributed by atoms with E-state index in [0.717, 1.165) is 33.4 Å². The summed E-state index contributed by atoms with van der Waals surface area (Å²) >= 11 is 0. The van der Waals surface area contributed by atoms with E-state index in [0.29, 0.717) is 17.7 Å². The van der Waals surface area contributed by atoms with Gasteiger partial charge in [-0.25, -0.2) is 9.59 Å². The van der Waals surface area contributed by atoms with Gasteiger partial charge in [-0.15, -0.1) is 0 Å². The molecule has 1 aliphatic rings. The molecule has 0 aromatic heterocycles. The van der Waals surface area contributed by atoms with E-state index in [4.69, 9.17) is 23.7 Å². The van der Waals surface area contributed by atoms with E-state index < -0.39 is 35.4 Å². The number of esters is 2. The Morgan fingerprint density at radius 2 is 1.41 bits per heavy atom. The Bertz CT molecular complexity index is 2200. The van der Waals surface area contributed by atoms with Crippen molar-refractivity contribution in [3.05, 3.63) is 155 Å². The molecule has 6 rings (SSSR count). The molecular weight excluding hydrogens is 733 g/mol. The van der Waals surface area contributed by atoms with Crippen molar-refractivity contribution in [2.75, 3.05) is 34.5 Å². The molecule has 1 saturated heterocycles. The summed E-state index contributed by atoms with van der Waals surface area (Å²) in [5.74, 6) is -1.23. The highest BCUT2D eigenvalue weighted by Gasteiger charge is 2.55. The minimum Gasteiger partial charge on any atom is -0.497 e. The number of carbonyl (C=O) groups excluding carboxylic acids is 3. The Labute approximate surface area is 340 Å². The number of benzene rings is 5. The van der Waals surface area contributed by atoms with Gasteiger partial charge in [0.2, 0.25) is 0 Å². The van der Waals surface area contributed by atoms with Crippen LogP contribution in [0.5, 0.6) is 11.5 Å². The average molecular weight is 785 g/mol. The quantitative estimate of drug-likeness (QED) is 0.0434. The molecule has 302 valence electrons. The number of hydrogen-bond acceptors (Lipinski definition) is 9. The van der Waals surface area contributed by atoms with Crippen LogP contribution in [0.25, 0.3) is 10.8 Å². The van der Waals surface area contributed by atoms with Crippen LogP contribution in [0.3, 0.4) is 0 Å².